The van der Waals surface area contributed by atoms with Crippen molar-refractivity contribution in [3.05, 3.63) is 65.1 Å². The van der Waals surface area contributed by atoms with Gasteiger partial charge in [0, 0.05) is 29.1 Å². The van der Waals surface area contributed by atoms with Gasteiger partial charge in [-0.05, 0) is 38.8 Å². The van der Waals surface area contributed by atoms with Gasteiger partial charge in [0.2, 0.25) is 46.6 Å². The van der Waals surface area contributed by atoms with Crippen LogP contribution in [0.25, 0.3) is 10.9 Å². The van der Waals surface area contributed by atoms with Crippen molar-refractivity contribution < 1.29 is 45.8 Å². The highest BCUT2D eigenvalue weighted by molar-refractivity contribution is 5.93. The highest BCUT2D eigenvalue weighted by Crippen LogP contribution is 2.29. The molecule has 0 bridgehead atoms. The minimum atomic E-state index is -2.45. The number of carbonyl (C=O) groups is 3. The minimum Gasteiger partial charge on any atom is -0.483 e. The lowest BCUT2D eigenvalue weighted by Crippen LogP contribution is -2.51. The van der Waals surface area contributed by atoms with E-state index in [1.807, 2.05) is 24.3 Å². The Labute approximate surface area is 282 Å². The predicted molar refractivity (Wildman–Crippen MR) is 175 cm³/mol. The summed E-state index contributed by atoms with van der Waals surface area (Å²) in [6, 6.07) is 4.15. The number of nitrogens with zero attached hydrogens (tertiary/aromatic N) is 1. The van der Waals surface area contributed by atoms with Crippen molar-refractivity contribution in [3.63, 3.8) is 0 Å². The molecule has 0 unspecified atom stereocenters. The first-order valence-electron chi connectivity index (χ1n) is 16.3. The van der Waals surface area contributed by atoms with Gasteiger partial charge in [0.1, 0.15) is 12.1 Å². The summed E-state index contributed by atoms with van der Waals surface area (Å²) in [7, 11) is 0. The number of rotatable bonds is 18. The van der Waals surface area contributed by atoms with E-state index in [1.54, 1.807) is 27.0 Å². The van der Waals surface area contributed by atoms with Crippen molar-refractivity contribution in [1.29, 1.82) is 0 Å². The number of esters is 1. The van der Waals surface area contributed by atoms with Crippen LogP contribution in [0.3, 0.4) is 0 Å². The van der Waals surface area contributed by atoms with Crippen molar-refractivity contribution >= 4 is 35.1 Å². The van der Waals surface area contributed by atoms with Crippen LogP contribution in [0.1, 0.15) is 84.6 Å². The van der Waals surface area contributed by atoms with Crippen molar-refractivity contribution in [1.82, 2.24) is 15.6 Å². The number of nitrogens with one attached hydrogen (secondary N) is 3. The molecule has 0 aliphatic carbocycles. The van der Waals surface area contributed by atoms with Crippen LogP contribution in [-0.2, 0) is 25.5 Å². The number of ether oxygens (including phenoxy) is 2. The third-order valence-corrected chi connectivity index (χ3v) is 7.45. The predicted octanol–water partition coefficient (Wildman–Crippen LogP) is 6.97. The summed E-state index contributed by atoms with van der Waals surface area (Å²) in [5.74, 6) is -17.1. The molecular weight excluding hydrogens is 651 g/mol. The van der Waals surface area contributed by atoms with E-state index < -0.39 is 76.7 Å². The van der Waals surface area contributed by atoms with Crippen LogP contribution in [0.15, 0.2) is 35.5 Å². The highest BCUT2D eigenvalue weighted by Gasteiger charge is 2.34. The quantitative estimate of drug-likeness (QED) is 0.0194. The number of benzene rings is 2. The molecule has 2 atom stereocenters. The molecule has 14 heteroatoms. The van der Waals surface area contributed by atoms with Gasteiger partial charge in [-0.2, -0.15) is 8.78 Å². The molecule has 1 heterocycles. The largest absolute Gasteiger partial charge is 0.483 e. The molecule has 3 N–H and O–H groups in total. The molecule has 0 aliphatic heterocycles. The average molecular weight is 695 g/mol. The standard InChI is InChI=1S/C35H43F5N4O5/c1-5-6-7-8-9-10-13-16-48-20-42-24(17-21-19-41-23-15-12-11-14-22(21)23)33(46)43-25(18-26(45)44-35(2,3)4)34(47)49-32-30(39)28(37)27(36)29(38)31(32)40/h11-12,14-15,19-20,24-25,41H,5-10,13,16-18H2,1-4H3,(H,43,46)(H,44,45)/t24-,25-/m1/s1. The summed E-state index contributed by atoms with van der Waals surface area (Å²) in [5.41, 5.74) is 0.691. The van der Waals surface area contributed by atoms with E-state index in [0.717, 1.165) is 49.4 Å². The lowest BCUT2D eigenvalue weighted by molar-refractivity contribution is -0.142. The van der Waals surface area contributed by atoms with Gasteiger partial charge in [0.05, 0.1) is 13.0 Å². The van der Waals surface area contributed by atoms with Gasteiger partial charge >= 0.3 is 5.97 Å². The summed E-state index contributed by atoms with van der Waals surface area (Å²) in [6.07, 6.45) is 9.48. The molecule has 0 radical (unpaired) electrons. The van der Waals surface area contributed by atoms with Crippen LogP contribution >= 0.6 is 0 Å². The van der Waals surface area contributed by atoms with Crippen LogP contribution in [0.4, 0.5) is 22.0 Å². The molecule has 3 aromatic rings. The number of hydrogen-bond acceptors (Lipinski definition) is 6. The van der Waals surface area contributed by atoms with E-state index >= 15 is 0 Å². The molecule has 49 heavy (non-hydrogen) atoms. The molecule has 0 saturated heterocycles. The number of aromatic nitrogens is 1. The Balaban J connectivity index is 1.83. The summed E-state index contributed by atoms with van der Waals surface area (Å²) >= 11 is 0. The van der Waals surface area contributed by atoms with Crippen LogP contribution in [0, 0.1) is 29.1 Å². The normalized spacial score (nSPS) is 13.0. The van der Waals surface area contributed by atoms with Gasteiger partial charge < -0.3 is 25.1 Å². The van der Waals surface area contributed by atoms with Gasteiger partial charge in [-0.25, -0.2) is 23.0 Å². The fourth-order valence-corrected chi connectivity index (χ4v) is 5.00. The topological polar surface area (TPSA) is 122 Å². The number of fused-ring (bicyclic) bond motifs is 1. The van der Waals surface area contributed by atoms with Gasteiger partial charge in [-0.3, -0.25) is 9.59 Å². The molecule has 0 spiro atoms. The number of aromatic amines is 1. The molecule has 0 fully saturated rings. The number of carbonyl (C=O) groups excluding carboxylic acids is 3. The van der Waals surface area contributed by atoms with Crippen molar-refractivity contribution in [2.24, 2.45) is 4.99 Å². The lowest BCUT2D eigenvalue weighted by atomic mass is 10.0. The summed E-state index contributed by atoms with van der Waals surface area (Å²) in [5, 5.41) is 5.70. The van der Waals surface area contributed by atoms with Gasteiger partial charge in [0.25, 0.3) is 0 Å². The number of hydrogen-bond donors (Lipinski definition) is 3. The molecule has 0 saturated carbocycles. The zero-order valence-electron chi connectivity index (χ0n) is 28.1. The smallest absolute Gasteiger partial charge is 0.334 e. The van der Waals surface area contributed by atoms with E-state index in [2.05, 4.69) is 32.3 Å². The van der Waals surface area contributed by atoms with Crippen LogP contribution in [0.2, 0.25) is 0 Å². The number of para-hydroxylation sites is 1. The number of H-pyrrole nitrogens is 1. The summed E-state index contributed by atoms with van der Waals surface area (Å²) in [6.45, 7) is 7.43. The highest BCUT2D eigenvalue weighted by atomic mass is 19.2. The second-order valence-electron chi connectivity index (χ2n) is 12.7. The Morgan fingerprint density at radius 3 is 2.16 bits per heavy atom. The van der Waals surface area contributed by atoms with Crippen molar-refractivity contribution in [3.8, 4) is 5.75 Å². The first-order valence-corrected chi connectivity index (χ1v) is 16.3. The Kier molecular flexibility index (Phi) is 14.6. The third kappa shape index (κ3) is 11.6. The fourth-order valence-electron chi connectivity index (χ4n) is 5.00. The van der Waals surface area contributed by atoms with Crippen LogP contribution in [-0.4, -0.2) is 53.4 Å². The molecule has 1 aromatic heterocycles. The number of amides is 2. The second-order valence-corrected chi connectivity index (χ2v) is 12.7. The maximum atomic E-state index is 14.4. The zero-order chi connectivity index (χ0) is 36.1. The van der Waals surface area contributed by atoms with E-state index in [4.69, 9.17) is 4.74 Å². The van der Waals surface area contributed by atoms with E-state index in [0.29, 0.717) is 12.2 Å². The minimum absolute atomic E-state index is 0.000725. The molecule has 3 rings (SSSR count). The monoisotopic (exact) mass is 694 g/mol. The molecule has 2 amide bonds. The van der Waals surface area contributed by atoms with E-state index in [1.165, 1.54) is 12.8 Å². The average Bonchev–Trinajstić information content (AvgIpc) is 3.46. The Morgan fingerprint density at radius 2 is 1.51 bits per heavy atom. The maximum Gasteiger partial charge on any atom is 0.334 e. The SMILES string of the molecule is CCCCCCCCCOC=N[C@H](Cc1c[nH]c2ccccc12)C(=O)N[C@H](CC(=O)NC(C)(C)C)C(=O)Oc1c(F)c(F)c(F)c(F)c1F. The fraction of sp³-hybridized carbons (Fsp3) is 0.486. The summed E-state index contributed by atoms with van der Waals surface area (Å²) in [4.78, 5) is 47.0. The first-order chi connectivity index (χ1) is 23.2. The molecule has 0 aliphatic rings. The van der Waals surface area contributed by atoms with Gasteiger partial charge in [-0.1, -0.05) is 63.6 Å². The Morgan fingerprint density at radius 1 is 0.898 bits per heavy atom. The Hall–Kier alpha value is -4.49. The second kappa shape index (κ2) is 18.3. The van der Waals surface area contributed by atoms with Gasteiger partial charge in [-0.15, -0.1) is 0 Å². The lowest BCUT2D eigenvalue weighted by Gasteiger charge is -2.24. The van der Waals surface area contributed by atoms with Crippen molar-refractivity contribution in [2.75, 3.05) is 6.61 Å². The van der Waals surface area contributed by atoms with Crippen molar-refractivity contribution in [2.45, 2.75) is 103 Å². The van der Waals surface area contributed by atoms with Crippen LogP contribution in [0.5, 0.6) is 5.75 Å². The number of halogens is 5. The number of unbranched alkanes of at least 4 members (excludes halogenated alkanes) is 6. The zero-order valence-corrected chi connectivity index (χ0v) is 28.1. The first kappa shape index (κ1) is 39.0. The third-order valence-electron chi connectivity index (χ3n) is 7.45. The maximum absolute atomic E-state index is 14.4. The molecular formula is C35H43F5N4O5. The van der Waals surface area contributed by atoms with E-state index in [9.17, 15) is 36.3 Å². The Bertz CT molecular complexity index is 1590. The molecule has 9 nitrogen and oxygen atoms in total. The number of aliphatic imine (C=N–C) groups is 1. The molecule has 2 aromatic carbocycles. The van der Waals surface area contributed by atoms with E-state index in [-0.39, 0.29) is 6.42 Å². The molecule has 268 valence electrons. The summed E-state index contributed by atoms with van der Waals surface area (Å²) < 4.78 is 80.1. The van der Waals surface area contributed by atoms with Gasteiger partial charge in [0.15, 0.2) is 6.40 Å². The van der Waals surface area contributed by atoms with Crippen LogP contribution < -0.4 is 15.4 Å².